The van der Waals surface area contributed by atoms with Crippen LogP contribution in [0.25, 0.3) is 0 Å². The van der Waals surface area contributed by atoms with Crippen molar-refractivity contribution in [3.05, 3.63) is 22.2 Å². The molecular formula is C15H22Cl2N2O2. The lowest BCUT2D eigenvalue weighted by Gasteiger charge is -2.19. The lowest BCUT2D eigenvalue weighted by Crippen LogP contribution is -2.18. The number of halogens is 2. The molecule has 21 heavy (non-hydrogen) atoms. The van der Waals surface area contributed by atoms with Gasteiger partial charge in [0, 0.05) is 12.1 Å². The summed E-state index contributed by atoms with van der Waals surface area (Å²) in [4.78, 5) is 12.0. The van der Waals surface area contributed by atoms with E-state index in [4.69, 9.17) is 28.9 Å². The molecule has 1 atom stereocenters. The molecule has 0 saturated heterocycles. The Hall–Kier alpha value is -0.970. The quantitative estimate of drug-likeness (QED) is 0.659. The van der Waals surface area contributed by atoms with Crippen LogP contribution in [0.4, 0.5) is 5.69 Å². The number of phenolic OH excluding ortho intramolecular Hbond substituents is 1. The molecule has 0 aliphatic carbocycles. The Balaban J connectivity index is 2.58. The van der Waals surface area contributed by atoms with Crippen LogP contribution >= 0.6 is 23.2 Å². The minimum absolute atomic E-state index is 0.101. The summed E-state index contributed by atoms with van der Waals surface area (Å²) in [6, 6.07) is 2.95. The molecule has 1 unspecified atom stereocenters. The van der Waals surface area contributed by atoms with Crippen LogP contribution in [0.1, 0.15) is 33.1 Å². The lowest BCUT2D eigenvalue weighted by atomic mass is 9.88. The molecule has 0 aliphatic rings. The fraction of sp³-hybridized carbons (Fsp3) is 0.533. The molecule has 0 saturated carbocycles. The maximum absolute atomic E-state index is 12.0. The number of hydrogen-bond acceptors (Lipinski definition) is 3. The monoisotopic (exact) mass is 332 g/mol. The van der Waals surface area contributed by atoms with Crippen LogP contribution in [0, 0.1) is 11.8 Å². The van der Waals surface area contributed by atoms with E-state index < -0.39 is 0 Å². The number of nitrogens with one attached hydrogen (secondary N) is 1. The van der Waals surface area contributed by atoms with E-state index in [9.17, 15) is 9.90 Å². The number of hydrogen-bond donors (Lipinski definition) is 3. The van der Waals surface area contributed by atoms with Gasteiger partial charge in [0.1, 0.15) is 0 Å². The third kappa shape index (κ3) is 5.73. The average molecular weight is 333 g/mol. The number of carbonyl (C=O) groups excluding carboxylic acids is 1. The van der Waals surface area contributed by atoms with E-state index >= 15 is 0 Å². The minimum atomic E-state index is -0.181. The predicted molar refractivity (Wildman–Crippen MR) is 88.0 cm³/mol. The number of amides is 1. The Morgan fingerprint density at radius 1 is 1.29 bits per heavy atom. The average Bonchev–Trinajstić information content (AvgIpc) is 2.40. The van der Waals surface area contributed by atoms with Crippen LogP contribution < -0.4 is 11.1 Å². The van der Waals surface area contributed by atoms with Crippen molar-refractivity contribution in [3.8, 4) is 5.75 Å². The first kappa shape index (κ1) is 18.1. The van der Waals surface area contributed by atoms with E-state index in [1.54, 1.807) is 0 Å². The number of carbonyl (C=O) groups is 1. The van der Waals surface area contributed by atoms with Crippen molar-refractivity contribution < 1.29 is 9.90 Å². The van der Waals surface area contributed by atoms with E-state index in [0.717, 1.165) is 12.8 Å². The van der Waals surface area contributed by atoms with E-state index in [2.05, 4.69) is 19.2 Å². The fourth-order valence-corrected chi connectivity index (χ4v) is 2.69. The zero-order valence-corrected chi connectivity index (χ0v) is 13.8. The van der Waals surface area contributed by atoms with Crippen molar-refractivity contribution in [1.82, 2.24) is 0 Å². The van der Waals surface area contributed by atoms with Gasteiger partial charge in [-0.25, -0.2) is 0 Å². The number of rotatable bonds is 7. The second-order valence-electron chi connectivity index (χ2n) is 5.46. The summed E-state index contributed by atoms with van der Waals surface area (Å²) in [5.74, 6) is 0.654. The van der Waals surface area contributed by atoms with E-state index in [1.807, 2.05) is 0 Å². The van der Waals surface area contributed by atoms with Gasteiger partial charge in [0.25, 0.3) is 0 Å². The topological polar surface area (TPSA) is 75.4 Å². The zero-order chi connectivity index (χ0) is 16.0. The SMILES string of the molecule is CC(C)C(CCN)CCC(=O)Nc1cc(Cl)c(O)c(Cl)c1. The standard InChI is InChI=1S/C15H22Cl2N2O2/c1-9(2)10(5-6-18)3-4-14(20)19-11-7-12(16)15(21)13(17)8-11/h7-10,21H,3-6,18H2,1-2H3,(H,19,20). The molecule has 6 heteroatoms. The molecule has 4 N–H and O–H groups in total. The summed E-state index contributed by atoms with van der Waals surface area (Å²) < 4.78 is 0. The molecule has 0 spiro atoms. The van der Waals surface area contributed by atoms with Gasteiger partial charge in [0.15, 0.2) is 5.75 Å². The second-order valence-corrected chi connectivity index (χ2v) is 6.27. The highest BCUT2D eigenvalue weighted by Gasteiger charge is 2.15. The highest BCUT2D eigenvalue weighted by atomic mass is 35.5. The Bertz CT molecular complexity index is 470. The first-order valence-corrected chi connectivity index (χ1v) is 7.78. The van der Waals surface area contributed by atoms with Crippen LogP contribution in [-0.4, -0.2) is 17.6 Å². The molecule has 4 nitrogen and oxygen atoms in total. The van der Waals surface area contributed by atoms with Crippen molar-refractivity contribution in [2.75, 3.05) is 11.9 Å². The zero-order valence-electron chi connectivity index (χ0n) is 12.3. The van der Waals surface area contributed by atoms with Gasteiger partial charge in [0.05, 0.1) is 10.0 Å². The summed E-state index contributed by atoms with van der Waals surface area (Å²) in [7, 11) is 0. The van der Waals surface area contributed by atoms with Crippen molar-refractivity contribution in [2.45, 2.75) is 33.1 Å². The molecule has 0 aromatic heterocycles. The largest absolute Gasteiger partial charge is 0.505 e. The Morgan fingerprint density at radius 3 is 2.33 bits per heavy atom. The third-order valence-electron chi connectivity index (χ3n) is 3.52. The smallest absolute Gasteiger partial charge is 0.224 e. The predicted octanol–water partition coefficient (Wildman–Crippen LogP) is 4.04. The molecule has 0 heterocycles. The molecule has 1 rings (SSSR count). The highest BCUT2D eigenvalue weighted by Crippen LogP contribution is 2.34. The molecule has 0 aliphatic heterocycles. The van der Waals surface area contributed by atoms with Crippen molar-refractivity contribution in [1.29, 1.82) is 0 Å². The summed E-state index contributed by atoms with van der Waals surface area (Å²) in [6.45, 7) is 4.91. The van der Waals surface area contributed by atoms with Crippen molar-refractivity contribution in [3.63, 3.8) is 0 Å². The molecule has 0 fully saturated rings. The van der Waals surface area contributed by atoms with Crippen LogP contribution in [0.2, 0.25) is 10.0 Å². The first-order chi connectivity index (χ1) is 9.85. The van der Waals surface area contributed by atoms with E-state index in [-0.39, 0.29) is 21.7 Å². The molecule has 1 aromatic rings. The van der Waals surface area contributed by atoms with Crippen molar-refractivity contribution in [2.24, 2.45) is 17.6 Å². The molecule has 118 valence electrons. The molecule has 0 bridgehead atoms. The number of phenols is 1. The second kappa shape index (κ2) is 8.47. The molecule has 1 aromatic carbocycles. The van der Waals surface area contributed by atoms with Gasteiger partial charge in [-0.1, -0.05) is 37.0 Å². The van der Waals surface area contributed by atoms with Gasteiger partial charge < -0.3 is 16.2 Å². The molecular weight excluding hydrogens is 311 g/mol. The highest BCUT2D eigenvalue weighted by molar-refractivity contribution is 6.37. The van der Waals surface area contributed by atoms with Crippen LogP contribution in [0.5, 0.6) is 5.75 Å². The maximum Gasteiger partial charge on any atom is 0.224 e. The van der Waals surface area contributed by atoms with E-state index in [0.29, 0.717) is 30.5 Å². The summed E-state index contributed by atoms with van der Waals surface area (Å²) in [5, 5.41) is 12.4. The van der Waals surface area contributed by atoms with Gasteiger partial charge in [-0.3, -0.25) is 4.79 Å². The number of anilines is 1. The van der Waals surface area contributed by atoms with Gasteiger partial charge in [-0.05, 0) is 43.4 Å². The Morgan fingerprint density at radius 2 is 1.86 bits per heavy atom. The van der Waals surface area contributed by atoms with Gasteiger partial charge in [0.2, 0.25) is 5.91 Å². The lowest BCUT2D eigenvalue weighted by molar-refractivity contribution is -0.116. The number of nitrogens with two attached hydrogens (primary N) is 1. The summed E-state index contributed by atoms with van der Waals surface area (Å²) in [6.07, 6.45) is 2.13. The summed E-state index contributed by atoms with van der Waals surface area (Å²) in [5.41, 5.74) is 6.07. The summed E-state index contributed by atoms with van der Waals surface area (Å²) >= 11 is 11.6. The molecule has 0 radical (unpaired) electrons. The number of benzene rings is 1. The number of aromatic hydroxyl groups is 1. The minimum Gasteiger partial charge on any atom is -0.505 e. The van der Waals surface area contributed by atoms with Gasteiger partial charge >= 0.3 is 0 Å². The van der Waals surface area contributed by atoms with Crippen molar-refractivity contribution >= 4 is 34.8 Å². The normalized spacial score (nSPS) is 12.5. The van der Waals surface area contributed by atoms with Gasteiger partial charge in [-0.2, -0.15) is 0 Å². The molecule has 1 amide bonds. The Labute approximate surface area is 135 Å². The third-order valence-corrected chi connectivity index (χ3v) is 4.10. The van der Waals surface area contributed by atoms with E-state index in [1.165, 1.54) is 12.1 Å². The first-order valence-electron chi connectivity index (χ1n) is 7.03. The fourth-order valence-electron chi connectivity index (χ4n) is 2.20. The maximum atomic E-state index is 12.0. The Kier molecular flexibility index (Phi) is 7.29. The van der Waals surface area contributed by atoms with Crippen LogP contribution in [-0.2, 0) is 4.79 Å². The van der Waals surface area contributed by atoms with Crippen LogP contribution in [0.15, 0.2) is 12.1 Å². The van der Waals surface area contributed by atoms with Crippen LogP contribution in [0.3, 0.4) is 0 Å². The van der Waals surface area contributed by atoms with Gasteiger partial charge in [-0.15, -0.1) is 0 Å².